The molecule has 1 aromatic carbocycles. The van der Waals surface area contributed by atoms with Crippen molar-refractivity contribution in [2.75, 3.05) is 20.7 Å². The molecule has 6 heteroatoms. The van der Waals surface area contributed by atoms with Crippen LogP contribution in [-0.4, -0.2) is 32.1 Å². The Morgan fingerprint density at radius 2 is 2.26 bits per heavy atom. The number of quaternary nitrogens is 1. The van der Waals surface area contributed by atoms with Crippen LogP contribution in [0.25, 0.3) is 0 Å². The lowest BCUT2D eigenvalue weighted by atomic mass is 9.98. The average Bonchev–Trinajstić information content (AvgIpc) is 3.32. The summed E-state index contributed by atoms with van der Waals surface area (Å²) in [4.78, 5) is 13.1. The summed E-state index contributed by atoms with van der Waals surface area (Å²) in [5.74, 6) is -0.105. The highest BCUT2D eigenvalue weighted by atomic mass is 19.1. The lowest BCUT2D eigenvalue weighted by Crippen LogP contribution is -3.09. The molecular formula is C17H23FN3O2+. The summed E-state index contributed by atoms with van der Waals surface area (Å²) in [6, 6.07) is 7.00. The predicted octanol–water partition coefficient (Wildman–Crippen LogP) is 0.657. The number of likely N-dealkylation sites (N-methyl/N-ethyl adjacent to an activating group) is 1. The van der Waals surface area contributed by atoms with Crippen molar-refractivity contribution in [1.82, 2.24) is 5.32 Å². The van der Waals surface area contributed by atoms with Gasteiger partial charge in [-0.3, -0.25) is 4.79 Å². The topological polar surface area (TPSA) is 66.6 Å². The number of carbonyl (C=O) groups is 1. The minimum atomic E-state index is -0.774. The molecule has 0 radical (unpaired) electrons. The average molecular weight is 320 g/mol. The minimum absolute atomic E-state index is 0.160. The van der Waals surface area contributed by atoms with Gasteiger partial charge in [0.1, 0.15) is 12.1 Å². The molecule has 1 saturated carbocycles. The Morgan fingerprint density at radius 1 is 1.57 bits per heavy atom. The maximum Gasteiger partial charge on any atom is 0.276 e. The van der Waals surface area contributed by atoms with Gasteiger partial charge in [0.25, 0.3) is 5.91 Å². The van der Waals surface area contributed by atoms with Crippen molar-refractivity contribution >= 4 is 5.91 Å². The van der Waals surface area contributed by atoms with E-state index in [9.17, 15) is 14.4 Å². The minimum Gasteiger partial charge on any atom is -0.494 e. The van der Waals surface area contributed by atoms with E-state index >= 15 is 0 Å². The molecule has 0 aliphatic heterocycles. The van der Waals surface area contributed by atoms with Gasteiger partial charge in [-0.05, 0) is 43.9 Å². The maximum atomic E-state index is 13.7. The van der Waals surface area contributed by atoms with Gasteiger partial charge in [0.05, 0.1) is 20.2 Å². The van der Waals surface area contributed by atoms with E-state index in [4.69, 9.17) is 4.74 Å². The molecule has 2 N–H and O–H groups in total. The van der Waals surface area contributed by atoms with Gasteiger partial charge in [0.15, 0.2) is 18.1 Å². The van der Waals surface area contributed by atoms with Crippen molar-refractivity contribution in [2.24, 2.45) is 5.92 Å². The van der Waals surface area contributed by atoms with Crippen LogP contribution in [0.3, 0.4) is 0 Å². The lowest BCUT2D eigenvalue weighted by Gasteiger charge is -2.23. The Hall–Kier alpha value is -2.13. The van der Waals surface area contributed by atoms with Crippen molar-refractivity contribution in [3.63, 3.8) is 0 Å². The third kappa shape index (κ3) is 4.42. The molecule has 0 heterocycles. The van der Waals surface area contributed by atoms with Crippen LogP contribution in [0.5, 0.6) is 5.75 Å². The Bertz CT molecular complexity index is 625. The first kappa shape index (κ1) is 17.2. The summed E-state index contributed by atoms with van der Waals surface area (Å²) < 4.78 is 18.6. The highest BCUT2D eigenvalue weighted by Crippen LogP contribution is 2.39. The fourth-order valence-corrected chi connectivity index (χ4v) is 2.72. The molecule has 23 heavy (non-hydrogen) atoms. The number of halogens is 1. The summed E-state index contributed by atoms with van der Waals surface area (Å²) >= 11 is 0. The van der Waals surface area contributed by atoms with E-state index in [-0.39, 0.29) is 24.1 Å². The highest BCUT2D eigenvalue weighted by molar-refractivity contribution is 5.78. The summed E-state index contributed by atoms with van der Waals surface area (Å²) in [5.41, 5.74) is 0.0164. The monoisotopic (exact) mass is 320 g/mol. The lowest BCUT2D eigenvalue weighted by molar-refractivity contribution is -0.885. The van der Waals surface area contributed by atoms with Gasteiger partial charge >= 0.3 is 0 Å². The zero-order valence-electron chi connectivity index (χ0n) is 13.8. The molecule has 5 nitrogen and oxygen atoms in total. The second kappa shape index (κ2) is 6.97. The molecule has 0 bridgehead atoms. The molecule has 124 valence electrons. The molecule has 0 spiro atoms. The van der Waals surface area contributed by atoms with E-state index in [0.29, 0.717) is 6.54 Å². The van der Waals surface area contributed by atoms with Gasteiger partial charge in [0.2, 0.25) is 0 Å². The Morgan fingerprint density at radius 3 is 2.78 bits per heavy atom. The number of rotatable bonds is 7. The molecule has 1 unspecified atom stereocenters. The highest BCUT2D eigenvalue weighted by Gasteiger charge is 2.43. The van der Waals surface area contributed by atoms with E-state index < -0.39 is 11.4 Å². The third-order valence-electron chi connectivity index (χ3n) is 4.21. The molecule has 2 atom stereocenters. The molecule has 0 saturated heterocycles. The molecule has 1 aromatic rings. The number of hydrogen-bond donors (Lipinski definition) is 2. The van der Waals surface area contributed by atoms with Crippen molar-refractivity contribution < 1.29 is 18.8 Å². The number of amides is 1. The van der Waals surface area contributed by atoms with E-state index in [1.807, 2.05) is 7.05 Å². The van der Waals surface area contributed by atoms with Crippen LogP contribution in [0.1, 0.15) is 25.3 Å². The van der Waals surface area contributed by atoms with Crippen LogP contribution in [-0.2, 0) is 11.3 Å². The quantitative estimate of drug-likeness (QED) is 0.775. The van der Waals surface area contributed by atoms with E-state index in [1.54, 1.807) is 19.1 Å². The Balaban J connectivity index is 1.89. The number of nitrogens with one attached hydrogen (secondary N) is 2. The molecule has 1 aliphatic carbocycles. The van der Waals surface area contributed by atoms with Gasteiger partial charge < -0.3 is 15.0 Å². The Kier molecular flexibility index (Phi) is 5.22. The smallest absolute Gasteiger partial charge is 0.276 e. The van der Waals surface area contributed by atoms with Crippen molar-refractivity contribution in [3.8, 4) is 11.8 Å². The first-order chi connectivity index (χ1) is 10.9. The predicted molar refractivity (Wildman–Crippen MR) is 83.3 cm³/mol. The van der Waals surface area contributed by atoms with Crippen LogP contribution < -0.4 is 15.0 Å². The van der Waals surface area contributed by atoms with Crippen LogP contribution in [0.2, 0.25) is 0 Å². The summed E-state index contributed by atoms with van der Waals surface area (Å²) in [6.45, 7) is 2.52. The van der Waals surface area contributed by atoms with E-state index in [1.165, 1.54) is 13.2 Å². The summed E-state index contributed by atoms with van der Waals surface area (Å²) in [7, 11) is 3.29. The molecule has 0 aromatic heterocycles. The van der Waals surface area contributed by atoms with Gasteiger partial charge in [-0.2, -0.15) is 5.26 Å². The van der Waals surface area contributed by atoms with Gasteiger partial charge in [-0.1, -0.05) is 0 Å². The SMILES string of the molecule is COc1ccc(C[NH+](C)CC(=O)N[C@@](C)(C#N)C2CC2)cc1F. The Labute approximate surface area is 136 Å². The van der Waals surface area contributed by atoms with Crippen molar-refractivity contribution in [3.05, 3.63) is 29.6 Å². The van der Waals surface area contributed by atoms with E-state index in [2.05, 4.69) is 11.4 Å². The van der Waals surface area contributed by atoms with Crippen LogP contribution >= 0.6 is 0 Å². The van der Waals surface area contributed by atoms with E-state index in [0.717, 1.165) is 23.3 Å². The molecule has 2 rings (SSSR count). The molecule has 1 aliphatic rings. The number of hydrogen-bond acceptors (Lipinski definition) is 3. The molecular weight excluding hydrogens is 297 g/mol. The first-order valence-corrected chi connectivity index (χ1v) is 7.74. The van der Waals surface area contributed by atoms with Crippen LogP contribution in [0.15, 0.2) is 18.2 Å². The number of nitriles is 1. The number of methoxy groups -OCH3 is 1. The normalized spacial score (nSPS) is 17.7. The summed E-state index contributed by atoms with van der Waals surface area (Å²) in [5, 5.41) is 12.1. The number of carbonyl (C=O) groups excluding carboxylic acids is 1. The largest absolute Gasteiger partial charge is 0.494 e. The fourth-order valence-electron chi connectivity index (χ4n) is 2.72. The second-order valence-corrected chi connectivity index (χ2v) is 6.42. The third-order valence-corrected chi connectivity index (χ3v) is 4.21. The fraction of sp³-hybridized carbons (Fsp3) is 0.529. The molecule has 1 amide bonds. The number of benzene rings is 1. The zero-order valence-corrected chi connectivity index (χ0v) is 13.8. The van der Waals surface area contributed by atoms with Crippen LogP contribution in [0.4, 0.5) is 4.39 Å². The number of ether oxygens (including phenoxy) is 1. The molecule has 1 fully saturated rings. The number of nitrogens with zero attached hydrogens (tertiary/aromatic N) is 1. The standard InChI is InChI=1S/C17H22FN3O2/c1-17(11-19,13-5-6-13)20-16(22)10-21(2)9-12-4-7-15(23-3)14(18)8-12/h4,7-8,13H,5-6,9-10H2,1-3H3,(H,20,22)/p+1/t17-/m0/s1. The van der Waals surface area contributed by atoms with Gasteiger partial charge in [-0.25, -0.2) is 4.39 Å². The maximum absolute atomic E-state index is 13.7. The zero-order chi connectivity index (χ0) is 17.0. The second-order valence-electron chi connectivity index (χ2n) is 6.42. The van der Waals surface area contributed by atoms with Crippen molar-refractivity contribution in [1.29, 1.82) is 5.26 Å². The van der Waals surface area contributed by atoms with Gasteiger partial charge in [-0.15, -0.1) is 0 Å². The van der Waals surface area contributed by atoms with Crippen LogP contribution in [0, 0.1) is 23.1 Å². The first-order valence-electron chi connectivity index (χ1n) is 7.74. The van der Waals surface area contributed by atoms with Crippen molar-refractivity contribution in [2.45, 2.75) is 31.8 Å². The summed E-state index contributed by atoms with van der Waals surface area (Å²) in [6.07, 6.45) is 1.97. The van der Waals surface area contributed by atoms with Gasteiger partial charge in [0, 0.05) is 5.56 Å².